The van der Waals surface area contributed by atoms with Crippen LogP contribution in [-0.2, 0) is 20.8 Å². The molecular formula is C13H22N2O4. The smallest absolute Gasteiger partial charge is 0.328 e. The lowest BCUT2D eigenvalue weighted by Crippen LogP contribution is -2.25. The maximum Gasteiger partial charge on any atom is 0.328 e. The molecule has 0 amide bonds. The highest BCUT2D eigenvalue weighted by Gasteiger charge is 2.25. The molecule has 6 heteroatoms. The SMILES string of the molecule is COCCOCCOCCn1ccn(C2CC2)c1=O. The maximum absolute atomic E-state index is 11.9. The van der Waals surface area contributed by atoms with Crippen molar-refractivity contribution in [3.63, 3.8) is 0 Å². The molecule has 1 fully saturated rings. The van der Waals surface area contributed by atoms with Crippen molar-refractivity contribution in [1.82, 2.24) is 9.13 Å². The van der Waals surface area contributed by atoms with Gasteiger partial charge >= 0.3 is 5.69 Å². The summed E-state index contributed by atoms with van der Waals surface area (Å²) in [4.78, 5) is 11.9. The largest absolute Gasteiger partial charge is 0.382 e. The van der Waals surface area contributed by atoms with Gasteiger partial charge in [0.25, 0.3) is 0 Å². The van der Waals surface area contributed by atoms with E-state index in [0.717, 1.165) is 12.8 Å². The number of hydrogen-bond acceptors (Lipinski definition) is 4. The Kier molecular flexibility index (Phi) is 5.62. The molecule has 1 aliphatic carbocycles. The monoisotopic (exact) mass is 270 g/mol. The third-order valence-corrected chi connectivity index (χ3v) is 3.09. The van der Waals surface area contributed by atoms with Gasteiger partial charge in [0.1, 0.15) is 0 Å². The van der Waals surface area contributed by atoms with Crippen molar-refractivity contribution in [1.29, 1.82) is 0 Å². The van der Waals surface area contributed by atoms with Crippen LogP contribution in [0.1, 0.15) is 18.9 Å². The summed E-state index contributed by atoms with van der Waals surface area (Å²) >= 11 is 0. The van der Waals surface area contributed by atoms with Crippen LogP contribution in [0.4, 0.5) is 0 Å². The molecule has 1 heterocycles. The van der Waals surface area contributed by atoms with Gasteiger partial charge in [0.05, 0.1) is 39.6 Å². The molecule has 0 radical (unpaired) electrons. The lowest BCUT2D eigenvalue weighted by molar-refractivity contribution is 0.0229. The average molecular weight is 270 g/mol. The van der Waals surface area contributed by atoms with Crippen LogP contribution in [0.25, 0.3) is 0 Å². The zero-order chi connectivity index (χ0) is 13.5. The Bertz CT molecular complexity index is 423. The van der Waals surface area contributed by atoms with Gasteiger partial charge in [0.2, 0.25) is 0 Å². The first kappa shape index (κ1) is 14.3. The van der Waals surface area contributed by atoms with E-state index >= 15 is 0 Å². The topological polar surface area (TPSA) is 54.6 Å². The number of ether oxygens (including phenoxy) is 3. The molecule has 19 heavy (non-hydrogen) atoms. The first-order valence-corrected chi connectivity index (χ1v) is 6.74. The first-order chi connectivity index (χ1) is 9.33. The zero-order valence-electron chi connectivity index (χ0n) is 11.4. The predicted molar refractivity (Wildman–Crippen MR) is 70.5 cm³/mol. The van der Waals surface area contributed by atoms with E-state index in [4.69, 9.17) is 14.2 Å². The van der Waals surface area contributed by atoms with Crippen molar-refractivity contribution in [2.75, 3.05) is 40.1 Å². The summed E-state index contributed by atoms with van der Waals surface area (Å²) in [6, 6.07) is 0.434. The van der Waals surface area contributed by atoms with Crippen LogP contribution < -0.4 is 5.69 Å². The van der Waals surface area contributed by atoms with Crippen molar-refractivity contribution in [2.24, 2.45) is 0 Å². The number of imidazole rings is 1. The molecule has 2 rings (SSSR count). The number of aromatic nitrogens is 2. The third kappa shape index (κ3) is 4.49. The summed E-state index contributed by atoms with van der Waals surface area (Å²) in [5.41, 5.74) is 0.0717. The van der Waals surface area contributed by atoms with Gasteiger partial charge in [-0.05, 0) is 12.8 Å². The third-order valence-electron chi connectivity index (χ3n) is 3.09. The molecule has 108 valence electrons. The quantitative estimate of drug-likeness (QED) is 0.586. The molecule has 0 bridgehead atoms. The van der Waals surface area contributed by atoms with E-state index in [1.165, 1.54) is 0 Å². The molecule has 0 aliphatic heterocycles. The molecule has 0 aromatic carbocycles. The van der Waals surface area contributed by atoms with Gasteiger partial charge in [-0.15, -0.1) is 0 Å². The van der Waals surface area contributed by atoms with E-state index in [0.29, 0.717) is 45.6 Å². The second kappa shape index (κ2) is 7.47. The first-order valence-electron chi connectivity index (χ1n) is 6.74. The van der Waals surface area contributed by atoms with Gasteiger partial charge in [0, 0.05) is 25.5 Å². The Labute approximate surface area is 112 Å². The van der Waals surface area contributed by atoms with Gasteiger partial charge in [-0.3, -0.25) is 9.13 Å². The Morgan fingerprint density at radius 3 is 2.47 bits per heavy atom. The fraction of sp³-hybridized carbons (Fsp3) is 0.769. The molecule has 0 atom stereocenters. The zero-order valence-corrected chi connectivity index (χ0v) is 11.4. The number of nitrogens with zero attached hydrogens (tertiary/aromatic N) is 2. The minimum absolute atomic E-state index is 0.0717. The second-order valence-electron chi connectivity index (χ2n) is 4.63. The Balaban J connectivity index is 1.57. The molecular weight excluding hydrogens is 248 g/mol. The summed E-state index contributed by atoms with van der Waals surface area (Å²) in [5.74, 6) is 0. The highest BCUT2D eigenvalue weighted by Crippen LogP contribution is 2.33. The predicted octanol–water partition coefficient (Wildman–Crippen LogP) is 0.664. The highest BCUT2D eigenvalue weighted by molar-refractivity contribution is 4.91. The lowest BCUT2D eigenvalue weighted by atomic mass is 10.6. The molecule has 1 aliphatic rings. The minimum Gasteiger partial charge on any atom is -0.382 e. The Morgan fingerprint density at radius 1 is 1.11 bits per heavy atom. The maximum atomic E-state index is 11.9. The highest BCUT2D eigenvalue weighted by atomic mass is 16.5. The van der Waals surface area contributed by atoms with Gasteiger partial charge in [-0.25, -0.2) is 4.79 Å². The van der Waals surface area contributed by atoms with Gasteiger partial charge < -0.3 is 14.2 Å². The summed E-state index contributed by atoms with van der Waals surface area (Å²) < 4.78 is 19.1. The standard InChI is InChI=1S/C13H22N2O4/c1-17-8-9-19-11-10-18-7-6-14-4-5-15(13(14)16)12-2-3-12/h4-5,12H,2-3,6-11H2,1H3. The van der Waals surface area contributed by atoms with Gasteiger partial charge in [-0.2, -0.15) is 0 Å². The van der Waals surface area contributed by atoms with E-state index in [-0.39, 0.29) is 5.69 Å². The number of methoxy groups -OCH3 is 1. The van der Waals surface area contributed by atoms with Gasteiger partial charge in [0.15, 0.2) is 0 Å². The molecule has 1 aromatic rings. The Hall–Kier alpha value is -1.11. The van der Waals surface area contributed by atoms with Crippen molar-refractivity contribution < 1.29 is 14.2 Å². The molecule has 0 N–H and O–H groups in total. The summed E-state index contributed by atoms with van der Waals surface area (Å²) in [6.07, 6.45) is 5.95. The average Bonchev–Trinajstić information content (AvgIpc) is 3.18. The lowest BCUT2D eigenvalue weighted by Gasteiger charge is -2.05. The second-order valence-corrected chi connectivity index (χ2v) is 4.63. The number of hydrogen-bond donors (Lipinski definition) is 0. The minimum atomic E-state index is 0.0717. The number of rotatable bonds is 10. The van der Waals surface area contributed by atoms with Crippen molar-refractivity contribution in [3.05, 3.63) is 22.9 Å². The molecule has 0 unspecified atom stereocenters. The van der Waals surface area contributed by atoms with Crippen molar-refractivity contribution in [3.8, 4) is 0 Å². The molecule has 1 saturated carbocycles. The van der Waals surface area contributed by atoms with Crippen LogP contribution in [0.15, 0.2) is 17.2 Å². The molecule has 0 saturated heterocycles. The van der Waals surface area contributed by atoms with Crippen LogP contribution in [0.5, 0.6) is 0 Å². The van der Waals surface area contributed by atoms with Crippen molar-refractivity contribution >= 4 is 0 Å². The van der Waals surface area contributed by atoms with E-state index in [1.807, 2.05) is 17.0 Å². The van der Waals surface area contributed by atoms with E-state index in [2.05, 4.69) is 0 Å². The van der Waals surface area contributed by atoms with Crippen LogP contribution in [0.3, 0.4) is 0 Å². The molecule has 0 spiro atoms. The van der Waals surface area contributed by atoms with E-state index in [9.17, 15) is 4.79 Å². The van der Waals surface area contributed by atoms with Gasteiger partial charge in [-0.1, -0.05) is 0 Å². The molecule has 6 nitrogen and oxygen atoms in total. The van der Waals surface area contributed by atoms with E-state index in [1.54, 1.807) is 11.7 Å². The van der Waals surface area contributed by atoms with Crippen LogP contribution in [0, 0.1) is 0 Å². The summed E-state index contributed by atoms with van der Waals surface area (Å²) in [6.45, 7) is 3.41. The fourth-order valence-corrected chi connectivity index (χ4v) is 1.86. The molecule has 1 aromatic heterocycles. The van der Waals surface area contributed by atoms with Crippen LogP contribution in [0.2, 0.25) is 0 Å². The van der Waals surface area contributed by atoms with E-state index < -0.39 is 0 Å². The Morgan fingerprint density at radius 2 is 1.79 bits per heavy atom. The van der Waals surface area contributed by atoms with Crippen molar-refractivity contribution in [2.45, 2.75) is 25.4 Å². The van der Waals surface area contributed by atoms with Crippen LogP contribution in [-0.4, -0.2) is 49.3 Å². The fourth-order valence-electron chi connectivity index (χ4n) is 1.86. The summed E-state index contributed by atoms with van der Waals surface area (Å²) in [5, 5.41) is 0. The normalized spacial score (nSPS) is 15.0. The summed E-state index contributed by atoms with van der Waals surface area (Å²) in [7, 11) is 1.64. The van der Waals surface area contributed by atoms with Crippen LogP contribution >= 0.6 is 0 Å².